The molecule has 3 N–H and O–H groups in total. The lowest BCUT2D eigenvalue weighted by Gasteiger charge is -2.37. The van der Waals surface area contributed by atoms with Crippen molar-refractivity contribution in [2.45, 2.75) is 57.8 Å². The summed E-state index contributed by atoms with van der Waals surface area (Å²) in [4.78, 5) is 8.32. The minimum Gasteiger partial charge on any atom is -0.427 e. The van der Waals surface area contributed by atoms with Crippen molar-refractivity contribution in [3.63, 3.8) is 0 Å². The lowest BCUT2D eigenvalue weighted by molar-refractivity contribution is -0.0893. The van der Waals surface area contributed by atoms with Crippen LogP contribution in [0.4, 0.5) is 0 Å². The fourth-order valence-electron chi connectivity index (χ4n) is 4.30. The number of hydrogen-bond acceptors (Lipinski definition) is 4. The van der Waals surface area contributed by atoms with Crippen LogP contribution in [0.15, 0.2) is 54.6 Å². The first kappa shape index (κ1) is 22.1. The fourth-order valence-corrected chi connectivity index (χ4v) is 4.30. The van der Waals surface area contributed by atoms with Crippen LogP contribution in [0.3, 0.4) is 0 Å². The lowest BCUT2D eigenvalue weighted by atomic mass is 9.82. The Morgan fingerprint density at radius 1 is 0.970 bits per heavy atom. The van der Waals surface area contributed by atoms with Crippen LogP contribution in [-0.2, 0) is 4.65 Å². The number of rotatable bonds is 6. The number of H-pyrrole nitrogens is 1. The highest BCUT2D eigenvalue weighted by Gasteiger charge is 2.35. The van der Waals surface area contributed by atoms with Crippen LogP contribution in [0.2, 0.25) is 0 Å². The van der Waals surface area contributed by atoms with E-state index < -0.39 is 11.2 Å². The minimum atomic E-state index is -0.914. The van der Waals surface area contributed by atoms with Crippen molar-refractivity contribution in [2.75, 3.05) is 6.54 Å². The summed E-state index contributed by atoms with van der Waals surface area (Å²) in [5.74, 6) is 1.04. The van der Waals surface area contributed by atoms with Gasteiger partial charge < -0.3 is 20.1 Å². The van der Waals surface area contributed by atoms with Crippen LogP contribution in [0.5, 0.6) is 0 Å². The summed E-state index contributed by atoms with van der Waals surface area (Å²) in [6.45, 7) is 8.47. The Labute approximate surface area is 195 Å². The molecule has 1 saturated heterocycles. The van der Waals surface area contributed by atoms with Gasteiger partial charge in [-0.3, -0.25) is 0 Å². The molecule has 1 aliphatic rings. The zero-order valence-corrected chi connectivity index (χ0v) is 19.9. The Kier molecular flexibility index (Phi) is 5.56. The van der Waals surface area contributed by atoms with E-state index in [4.69, 9.17) is 9.64 Å². The second kappa shape index (κ2) is 8.28. The minimum absolute atomic E-state index is 0.341. The standard InChI is InChI=1S/C27H32BN3O2/c1-26(2,32)27(3,4)33-28-21-11-9-18-14-17(7-8-19(18)15-21)20-10-12-22-24(16-20)31-25(30-22)23-6-5-13-29-23/h7-12,14-16,23,28-29,32H,5-6,13H2,1-4H3,(H,30,31)/t23-/m0/s1. The van der Waals surface area contributed by atoms with Crippen LogP contribution in [0.1, 0.15) is 52.4 Å². The molecule has 1 aromatic heterocycles. The third kappa shape index (κ3) is 4.43. The molecule has 5 rings (SSSR count). The Bertz CT molecular complexity index is 1300. The van der Waals surface area contributed by atoms with E-state index in [0.717, 1.165) is 35.3 Å². The molecule has 0 radical (unpaired) electrons. The topological polar surface area (TPSA) is 70.2 Å². The Morgan fingerprint density at radius 2 is 1.70 bits per heavy atom. The van der Waals surface area contributed by atoms with Crippen molar-refractivity contribution in [3.05, 3.63) is 60.4 Å². The van der Waals surface area contributed by atoms with E-state index in [-0.39, 0.29) is 0 Å². The zero-order chi connectivity index (χ0) is 23.2. The van der Waals surface area contributed by atoms with Gasteiger partial charge in [0.2, 0.25) is 0 Å². The van der Waals surface area contributed by atoms with E-state index in [9.17, 15) is 5.11 Å². The molecule has 5 nitrogen and oxygen atoms in total. The number of aromatic amines is 1. The molecule has 0 bridgehead atoms. The van der Waals surface area contributed by atoms with Crippen LogP contribution < -0.4 is 10.8 Å². The van der Waals surface area contributed by atoms with Gasteiger partial charge in [-0.15, -0.1) is 0 Å². The number of imidazole rings is 1. The maximum Gasteiger partial charge on any atom is 0.309 e. The maximum absolute atomic E-state index is 10.3. The fraction of sp³-hybridized carbons (Fsp3) is 0.370. The first-order valence-electron chi connectivity index (χ1n) is 11.8. The first-order chi connectivity index (χ1) is 15.7. The highest BCUT2D eigenvalue weighted by atomic mass is 16.5. The van der Waals surface area contributed by atoms with Crippen molar-refractivity contribution < 1.29 is 9.76 Å². The third-order valence-electron chi connectivity index (χ3n) is 7.20. The smallest absolute Gasteiger partial charge is 0.309 e. The summed E-state index contributed by atoms with van der Waals surface area (Å²) in [5, 5.41) is 16.2. The van der Waals surface area contributed by atoms with Crippen molar-refractivity contribution in [3.8, 4) is 11.1 Å². The Hall–Kier alpha value is -2.67. The van der Waals surface area contributed by atoms with Gasteiger partial charge in [0.1, 0.15) is 5.82 Å². The number of aliphatic hydroxyl groups is 1. The summed E-state index contributed by atoms with van der Waals surface area (Å²) in [5.41, 5.74) is 4.01. The van der Waals surface area contributed by atoms with Crippen LogP contribution in [0, 0.1) is 0 Å². The van der Waals surface area contributed by atoms with E-state index in [1.54, 1.807) is 13.8 Å². The third-order valence-corrected chi connectivity index (χ3v) is 7.20. The van der Waals surface area contributed by atoms with E-state index >= 15 is 0 Å². The lowest BCUT2D eigenvalue weighted by Crippen LogP contribution is -2.49. The second-order valence-corrected chi connectivity index (χ2v) is 10.3. The normalized spacial score (nSPS) is 17.2. The van der Waals surface area contributed by atoms with Gasteiger partial charge in [-0.25, -0.2) is 4.98 Å². The molecule has 0 unspecified atom stereocenters. The monoisotopic (exact) mass is 441 g/mol. The molecular formula is C27H32BN3O2. The van der Waals surface area contributed by atoms with Gasteiger partial charge >= 0.3 is 7.48 Å². The van der Waals surface area contributed by atoms with E-state index in [2.05, 4.69) is 64.9 Å². The average Bonchev–Trinajstić information content (AvgIpc) is 3.45. The van der Waals surface area contributed by atoms with Gasteiger partial charge in [-0.2, -0.15) is 0 Å². The molecule has 170 valence electrons. The number of nitrogens with one attached hydrogen (secondary N) is 2. The highest BCUT2D eigenvalue weighted by Crippen LogP contribution is 2.29. The quantitative estimate of drug-likeness (QED) is 0.389. The van der Waals surface area contributed by atoms with E-state index in [1.165, 1.54) is 28.3 Å². The summed E-state index contributed by atoms with van der Waals surface area (Å²) < 4.78 is 6.04. The number of hydrogen-bond donors (Lipinski definition) is 3. The predicted molar refractivity (Wildman–Crippen MR) is 137 cm³/mol. The summed E-state index contributed by atoms with van der Waals surface area (Å²) >= 11 is 0. The maximum atomic E-state index is 10.3. The van der Waals surface area contributed by atoms with Crippen LogP contribution in [-0.4, -0.2) is 40.3 Å². The summed E-state index contributed by atoms with van der Waals surface area (Å²) in [7, 11) is 0.462. The molecule has 0 spiro atoms. The van der Waals surface area contributed by atoms with Gasteiger partial charge in [-0.1, -0.05) is 41.9 Å². The van der Waals surface area contributed by atoms with Gasteiger partial charge in [0.15, 0.2) is 0 Å². The molecule has 0 aliphatic carbocycles. The molecule has 2 heterocycles. The molecule has 0 saturated carbocycles. The first-order valence-corrected chi connectivity index (χ1v) is 11.8. The van der Waals surface area contributed by atoms with Crippen LogP contribution >= 0.6 is 0 Å². The molecule has 1 atom stereocenters. The number of aromatic nitrogens is 2. The largest absolute Gasteiger partial charge is 0.427 e. The molecule has 1 fully saturated rings. The SMILES string of the molecule is CC(C)(O)C(C)(C)OBc1ccc2cc(-c3ccc4nc([C@@H]5CCCN5)[nH]c4c3)ccc2c1. The second-order valence-electron chi connectivity index (χ2n) is 10.3. The van der Waals surface area contributed by atoms with Crippen molar-refractivity contribution in [2.24, 2.45) is 0 Å². The van der Waals surface area contributed by atoms with Gasteiger partial charge in [0, 0.05) is 0 Å². The molecule has 0 amide bonds. The summed E-state index contributed by atoms with van der Waals surface area (Å²) in [6.07, 6.45) is 2.34. The van der Waals surface area contributed by atoms with Crippen molar-refractivity contribution >= 4 is 34.8 Å². The molecule has 6 heteroatoms. The van der Waals surface area contributed by atoms with Crippen molar-refractivity contribution in [1.82, 2.24) is 15.3 Å². The highest BCUT2D eigenvalue weighted by molar-refractivity contribution is 6.47. The van der Waals surface area contributed by atoms with E-state index in [1.807, 2.05) is 13.8 Å². The van der Waals surface area contributed by atoms with E-state index in [0.29, 0.717) is 13.5 Å². The number of nitrogens with zero attached hydrogens (tertiary/aromatic N) is 1. The molecule has 4 aromatic rings. The van der Waals surface area contributed by atoms with Gasteiger partial charge in [0.25, 0.3) is 0 Å². The Balaban J connectivity index is 1.38. The Morgan fingerprint density at radius 3 is 2.45 bits per heavy atom. The molecular weight excluding hydrogens is 409 g/mol. The molecule has 3 aromatic carbocycles. The molecule has 33 heavy (non-hydrogen) atoms. The number of benzene rings is 3. The van der Waals surface area contributed by atoms with Crippen molar-refractivity contribution in [1.29, 1.82) is 0 Å². The number of fused-ring (bicyclic) bond motifs is 2. The molecule has 1 aliphatic heterocycles. The van der Waals surface area contributed by atoms with Crippen LogP contribution in [0.25, 0.3) is 32.9 Å². The van der Waals surface area contributed by atoms with Gasteiger partial charge in [-0.05, 0) is 87.2 Å². The average molecular weight is 441 g/mol. The van der Waals surface area contributed by atoms with Gasteiger partial charge in [0.05, 0.1) is 28.3 Å². The zero-order valence-electron chi connectivity index (χ0n) is 19.9. The predicted octanol–water partition coefficient (Wildman–Crippen LogP) is 4.35. The summed E-state index contributed by atoms with van der Waals surface area (Å²) in [6, 6.07) is 19.8.